The van der Waals surface area contributed by atoms with Gasteiger partial charge in [-0.15, -0.1) is 0 Å². The summed E-state index contributed by atoms with van der Waals surface area (Å²) in [7, 11) is 0. The van der Waals surface area contributed by atoms with Crippen LogP contribution in [0.25, 0.3) is 0 Å². The Morgan fingerprint density at radius 3 is 2.89 bits per heavy atom. The van der Waals surface area contributed by atoms with E-state index in [0.29, 0.717) is 22.3 Å². The third-order valence-corrected chi connectivity index (χ3v) is 4.03. The minimum absolute atomic E-state index is 0.122. The zero-order chi connectivity index (χ0) is 14.0. The summed E-state index contributed by atoms with van der Waals surface area (Å²) in [5.74, 6) is -0.122. The third-order valence-electron chi connectivity index (χ3n) is 3.22. The number of halogens is 2. The van der Waals surface area contributed by atoms with Crippen molar-refractivity contribution < 1.29 is 4.79 Å². The number of hydrogen-bond acceptors (Lipinski definition) is 3. The molecule has 1 fully saturated rings. The Morgan fingerprint density at radius 2 is 2.26 bits per heavy atom. The van der Waals surface area contributed by atoms with Gasteiger partial charge in [0.05, 0.1) is 22.3 Å². The second-order valence-corrected chi connectivity index (χ2v) is 5.67. The maximum Gasteiger partial charge on any atom is 0.238 e. The number of rotatable bonds is 3. The minimum Gasteiger partial charge on any atom is -0.326 e. The van der Waals surface area contributed by atoms with E-state index in [2.05, 4.69) is 5.32 Å². The summed E-state index contributed by atoms with van der Waals surface area (Å²) < 4.78 is 0. The quantitative estimate of drug-likeness (QED) is 0.900. The lowest BCUT2D eigenvalue weighted by atomic mass is 10.2. The summed E-state index contributed by atoms with van der Waals surface area (Å²) in [4.78, 5) is 14.0. The molecule has 0 spiro atoms. The number of carbonyl (C=O) groups is 1. The molecule has 1 aromatic carbocycles. The van der Waals surface area contributed by atoms with Gasteiger partial charge in [-0.3, -0.25) is 9.69 Å². The number of nitrogens with zero attached hydrogens (tertiary/aromatic N) is 1. The number of likely N-dealkylation sites (tertiary alicyclic amines) is 1. The SMILES string of the molecule is Cc1ccc(Cl)c(NC(=O)CN2CCC(N)C2)c1Cl. The van der Waals surface area contributed by atoms with Gasteiger partial charge >= 0.3 is 0 Å². The second kappa shape index (κ2) is 6.09. The zero-order valence-electron chi connectivity index (χ0n) is 10.7. The fourth-order valence-corrected chi connectivity index (χ4v) is 2.62. The molecular weight excluding hydrogens is 285 g/mol. The van der Waals surface area contributed by atoms with Gasteiger partial charge in [0.2, 0.25) is 5.91 Å². The van der Waals surface area contributed by atoms with Crippen molar-refractivity contribution in [2.75, 3.05) is 25.0 Å². The van der Waals surface area contributed by atoms with Crippen molar-refractivity contribution in [2.24, 2.45) is 5.73 Å². The number of aryl methyl sites for hydroxylation is 1. The van der Waals surface area contributed by atoms with E-state index in [-0.39, 0.29) is 11.9 Å². The van der Waals surface area contributed by atoms with Crippen molar-refractivity contribution in [3.8, 4) is 0 Å². The Morgan fingerprint density at radius 1 is 1.53 bits per heavy atom. The monoisotopic (exact) mass is 301 g/mol. The zero-order valence-corrected chi connectivity index (χ0v) is 12.3. The van der Waals surface area contributed by atoms with Crippen molar-refractivity contribution in [2.45, 2.75) is 19.4 Å². The predicted molar refractivity (Wildman–Crippen MR) is 78.9 cm³/mol. The molecule has 0 radical (unpaired) electrons. The normalized spacial score (nSPS) is 19.7. The Hall–Kier alpha value is -0.810. The molecule has 1 aromatic rings. The van der Waals surface area contributed by atoms with Crippen LogP contribution in [0.15, 0.2) is 12.1 Å². The number of nitrogens with two attached hydrogens (primary N) is 1. The fraction of sp³-hybridized carbons (Fsp3) is 0.462. The van der Waals surface area contributed by atoms with Crippen LogP contribution in [-0.4, -0.2) is 36.5 Å². The van der Waals surface area contributed by atoms with Gasteiger partial charge in [0, 0.05) is 19.1 Å². The molecule has 0 bridgehead atoms. The number of amides is 1. The molecule has 6 heteroatoms. The van der Waals surface area contributed by atoms with Gasteiger partial charge in [0.25, 0.3) is 0 Å². The van der Waals surface area contributed by atoms with Gasteiger partial charge < -0.3 is 11.1 Å². The third kappa shape index (κ3) is 3.60. The molecule has 1 aliphatic rings. The highest BCUT2D eigenvalue weighted by atomic mass is 35.5. The highest BCUT2D eigenvalue weighted by Crippen LogP contribution is 2.32. The van der Waals surface area contributed by atoms with Crippen LogP contribution in [0.3, 0.4) is 0 Å². The maximum absolute atomic E-state index is 12.0. The molecule has 1 saturated heterocycles. The maximum atomic E-state index is 12.0. The van der Waals surface area contributed by atoms with Crippen LogP contribution in [0.1, 0.15) is 12.0 Å². The van der Waals surface area contributed by atoms with E-state index < -0.39 is 0 Å². The Kier molecular flexibility index (Phi) is 4.68. The van der Waals surface area contributed by atoms with Crippen LogP contribution in [0, 0.1) is 6.92 Å². The number of nitrogens with one attached hydrogen (secondary N) is 1. The Bertz CT molecular complexity index is 493. The van der Waals surface area contributed by atoms with Crippen LogP contribution >= 0.6 is 23.2 Å². The molecular formula is C13H17Cl2N3O. The smallest absolute Gasteiger partial charge is 0.238 e. The van der Waals surface area contributed by atoms with E-state index in [1.807, 2.05) is 17.9 Å². The topological polar surface area (TPSA) is 58.4 Å². The predicted octanol–water partition coefficient (Wildman–Crippen LogP) is 2.27. The Balaban J connectivity index is 2.01. The number of benzene rings is 1. The number of carbonyl (C=O) groups excluding carboxylic acids is 1. The first-order valence-electron chi connectivity index (χ1n) is 6.19. The van der Waals surface area contributed by atoms with Crippen molar-refractivity contribution in [1.82, 2.24) is 4.90 Å². The molecule has 1 heterocycles. The van der Waals surface area contributed by atoms with Gasteiger partial charge in [-0.1, -0.05) is 29.3 Å². The van der Waals surface area contributed by atoms with Gasteiger partial charge in [0.1, 0.15) is 0 Å². The first kappa shape index (κ1) is 14.6. The second-order valence-electron chi connectivity index (χ2n) is 4.89. The van der Waals surface area contributed by atoms with Crippen molar-refractivity contribution >= 4 is 34.8 Å². The average molecular weight is 302 g/mol. The van der Waals surface area contributed by atoms with E-state index in [9.17, 15) is 4.79 Å². The highest BCUT2D eigenvalue weighted by molar-refractivity contribution is 6.40. The average Bonchev–Trinajstić information content (AvgIpc) is 2.75. The van der Waals surface area contributed by atoms with E-state index in [1.165, 1.54) is 0 Å². The lowest BCUT2D eigenvalue weighted by Crippen LogP contribution is -2.33. The molecule has 1 aliphatic heterocycles. The van der Waals surface area contributed by atoms with Crippen LogP contribution in [0.4, 0.5) is 5.69 Å². The fourth-order valence-electron chi connectivity index (χ4n) is 2.16. The summed E-state index contributed by atoms with van der Waals surface area (Å²) in [5.41, 5.74) is 7.17. The van der Waals surface area contributed by atoms with Crippen molar-refractivity contribution in [3.05, 3.63) is 27.7 Å². The minimum atomic E-state index is -0.122. The summed E-state index contributed by atoms with van der Waals surface area (Å²) >= 11 is 12.2. The number of hydrogen-bond donors (Lipinski definition) is 2. The number of anilines is 1. The summed E-state index contributed by atoms with van der Waals surface area (Å²) in [5, 5.41) is 3.71. The van der Waals surface area contributed by atoms with Gasteiger partial charge in [-0.05, 0) is 25.0 Å². The summed E-state index contributed by atoms with van der Waals surface area (Å²) in [6.07, 6.45) is 0.930. The Labute approximate surface area is 122 Å². The van der Waals surface area contributed by atoms with Gasteiger partial charge in [-0.25, -0.2) is 0 Å². The highest BCUT2D eigenvalue weighted by Gasteiger charge is 2.21. The van der Waals surface area contributed by atoms with E-state index >= 15 is 0 Å². The lowest BCUT2D eigenvalue weighted by Gasteiger charge is -2.16. The van der Waals surface area contributed by atoms with Crippen LogP contribution in [0.2, 0.25) is 10.0 Å². The molecule has 19 heavy (non-hydrogen) atoms. The van der Waals surface area contributed by atoms with E-state index in [1.54, 1.807) is 6.07 Å². The lowest BCUT2D eigenvalue weighted by molar-refractivity contribution is -0.117. The molecule has 0 aromatic heterocycles. The molecule has 1 atom stereocenters. The van der Waals surface area contributed by atoms with Crippen LogP contribution in [0.5, 0.6) is 0 Å². The molecule has 104 valence electrons. The molecule has 4 nitrogen and oxygen atoms in total. The standard InChI is InChI=1S/C13H17Cl2N3O/c1-8-2-3-10(14)13(12(8)15)17-11(19)7-18-5-4-9(16)6-18/h2-3,9H,4-7,16H2,1H3,(H,17,19). The first-order valence-corrected chi connectivity index (χ1v) is 6.95. The van der Waals surface area contributed by atoms with E-state index in [4.69, 9.17) is 28.9 Å². The largest absolute Gasteiger partial charge is 0.326 e. The molecule has 2 rings (SSSR count). The molecule has 1 amide bonds. The summed E-state index contributed by atoms with van der Waals surface area (Å²) in [6, 6.07) is 3.71. The van der Waals surface area contributed by atoms with Crippen LogP contribution in [-0.2, 0) is 4.79 Å². The van der Waals surface area contributed by atoms with Crippen molar-refractivity contribution in [1.29, 1.82) is 0 Å². The first-order chi connectivity index (χ1) is 8.97. The molecule has 0 aliphatic carbocycles. The van der Waals surface area contributed by atoms with Gasteiger partial charge in [0.15, 0.2) is 0 Å². The summed E-state index contributed by atoms with van der Waals surface area (Å²) in [6.45, 7) is 3.79. The van der Waals surface area contributed by atoms with Crippen molar-refractivity contribution in [3.63, 3.8) is 0 Å². The van der Waals surface area contributed by atoms with E-state index in [0.717, 1.165) is 25.1 Å². The van der Waals surface area contributed by atoms with Crippen LogP contribution < -0.4 is 11.1 Å². The molecule has 0 saturated carbocycles. The molecule has 3 N–H and O–H groups in total. The molecule has 1 unspecified atom stereocenters. The van der Waals surface area contributed by atoms with Gasteiger partial charge in [-0.2, -0.15) is 0 Å².